The molecular weight excluding hydrogens is 200 g/mol. The fraction of sp³-hybridized carbons (Fsp3) is 0.571. The van der Waals surface area contributed by atoms with Gasteiger partial charge in [-0.15, -0.1) is 0 Å². The number of aliphatic hydroxyl groups excluding tert-OH is 2. The van der Waals surface area contributed by atoms with Crippen LogP contribution in [0.4, 0.5) is 0 Å². The summed E-state index contributed by atoms with van der Waals surface area (Å²) in [4.78, 5) is 0. The molecule has 0 radical (unpaired) electrons. The van der Waals surface area contributed by atoms with Gasteiger partial charge in [-0.2, -0.15) is 0 Å². The van der Waals surface area contributed by atoms with Crippen molar-refractivity contribution in [3.05, 3.63) is 34.4 Å². The quantitative estimate of drug-likeness (QED) is 0.762. The third-order valence-corrected chi connectivity index (χ3v) is 3.86. The molecule has 1 aliphatic rings. The normalized spacial score (nSPS) is 26.3. The molecule has 1 aromatic rings. The maximum Gasteiger partial charge on any atom is 0.0848 e. The van der Waals surface area contributed by atoms with E-state index in [0.717, 1.165) is 24.0 Å². The zero-order valence-electron chi connectivity index (χ0n) is 10.2. The highest BCUT2D eigenvalue weighted by Gasteiger charge is 2.32. The van der Waals surface area contributed by atoms with Gasteiger partial charge in [0.25, 0.3) is 0 Å². The summed E-state index contributed by atoms with van der Waals surface area (Å²) in [6.45, 7) is 5.89. The lowest BCUT2D eigenvalue weighted by atomic mass is 9.76. The summed E-state index contributed by atoms with van der Waals surface area (Å²) in [6.07, 6.45) is 0.887. The van der Waals surface area contributed by atoms with E-state index in [9.17, 15) is 10.2 Å². The molecule has 2 nitrogen and oxygen atoms in total. The highest BCUT2D eigenvalue weighted by Crippen LogP contribution is 2.39. The maximum absolute atomic E-state index is 10.3. The average molecular weight is 220 g/mol. The molecule has 2 rings (SSSR count). The van der Waals surface area contributed by atoms with Crippen molar-refractivity contribution in [3.63, 3.8) is 0 Å². The largest absolute Gasteiger partial charge is 0.393 e. The van der Waals surface area contributed by atoms with E-state index in [4.69, 9.17) is 0 Å². The van der Waals surface area contributed by atoms with E-state index in [1.54, 1.807) is 6.92 Å². The van der Waals surface area contributed by atoms with Gasteiger partial charge in [0.1, 0.15) is 0 Å². The van der Waals surface area contributed by atoms with Crippen LogP contribution >= 0.6 is 0 Å². The van der Waals surface area contributed by atoms with E-state index < -0.39 is 12.2 Å². The molecule has 1 aromatic carbocycles. The number of aliphatic hydroxyl groups is 2. The second-order valence-electron chi connectivity index (χ2n) is 4.98. The van der Waals surface area contributed by atoms with E-state index >= 15 is 0 Å². The molecule has 0 saturated carbocycles. The number of fused-ring (bicyclic) bond motifs is 1. The van der Waals surface area contributed by atoms with Crippen molar-refractivity contribution in [2.75, 3.05) is 0 Å². The Hall–Kier alpha value is -0.860. The molecule has 0 bridgehead atoms. The van der Waals surface area contributed by atoms with Crippen molar-refractivity contribution in [3.8, 4) is 0 Å². The summed E-state index contributed by atoms with van der Waals surface area (Å²) in [5.41, 5.74) is 4.73. The molecule has 2 N–H and O–H groups in total. The molecule has 1 aliphatic carbocycles. The topological polar surface area (TPSA) is 40.5 Å². The van der Waals surface area contributed by atoms with E-state index in [1.165, 1.54) is 11.1 Å². The fourth-order valence-electron chi connectivity index (χ4n) is 2.82. The lowest BCUT2D eigenvalue weighted by Crippen LogP contribution is -2.30. The Morgan fingerprint density at radius 3 is 2.50 bits per heavy atom. The molecule has 0 fully saturated rings. The van der Waals surface area contributed by atoms with E-state index in [-0.39, 0.29) is 5.92 Å². The van der Waals surface area contributed by atoms with Crippen molar-refractivity contribution in [1.82, 2.24) is 0 Å². The molecule has 88 valence electrons. The summed E-state index contributed by atoms with van der Waals surface area (Å²) < 4.78 is 0. The standard InChI is InChI=1S/C14H20O2/c1-8-4-5-9(2)13-11(8)6-7-12(10(3)15)14(13)16/h4-5,10,12,14-16H,6-7H2,1-3H3. The monoisotopic (exact) mass is 220 g/mol. The summed E-state index contributed by atoms with van der Waals surface area (Å²) in [5.74, 6) is -0.0204. The van der Waals surface area contributed by atoms with Gasteiger partial charge in [-0.25, -0.2) is 0 Å². The van der Waals surface area contributed by atoms with Crippen molar-refractivity contribution >= 4 is 0 Å². The molecule has 16 heavy (non-hydrogen) atoms. The van der Waals surface area contributed by atoms with Gasteiger partial charge in [-0.3, -0.25) is 0 Å². The Kier molecular flexibility index (Phi) is 3.04. The Morgan fingerprint density at radius 1 is 1.25 bits per heavy atom. The van der Waals surface area contributed by atoms with Gasteiger partial charge in [-0.05, 0) is 55.9 Å². The van der Waals surface area contributed by atoms with Crippen LogP contribution in [0.2, 0.25) is 0 Å². The molecule has 3 atom stereocenters. The molecule has 3 unspecified atom stereocenters. The van der Waals surface area contributed by atoms with Crippen LogP contribution in [0.15, 0.2) is 12.1 Å². The predicted molar refractivity (Wildman–Crippen MR) is 64.4 cm³/mol. The van der Waals surface area contributed by atoms with Gasteiger partial charge in [0.05, 0.1) is 12.2 Å². The highest BCUT2D eigenvalue weighted by molar-refractivity contribution is 5.43. The van der Waals surface area contributed by atoms with Crippen molar-refractivity contribution < 1.29 is 10.2 Å². The summed E-state index contributed by atoms with van der Waals surface area (Å²) >= 11 is 0. The van der Waals surface area contributed by atoms with Crippen LogP contribution < -0.4 is 0 Å². The first kappa shape index (κ1) is 11.6. The van der Waals surface area contributed by atoms with Crippen LogP contribution in [-0.4, -0.2) is 16.3 Å². The third kappa shape index (κ3) is 1.76. The Bertz CT molecular complexity index is 396. The zero-order chi connectivity index (χ0) is 11.9. The molecule has 0 aliphatic heterocycles. The zero-order valence-corrected chi connectivity index (χ0v) is 10.2. The molecule has 0 heterocycles. The SMILES string of the molecule is Cc1ccc(C)c2c1CCC(C(C)O)C2O. The van der Waals surface area contributed by atoms with Gasteiger partial charge in [0.15, 0.2) is 0 Å². The average Bonchev–Trinajstić information content (AvgIpc) is 2.23. The van der Waals surface area contributed by atoms with Crippen molar-refractivity contribution in [1.29, 1.82) is 0 Å². The van der Waals surface area contributed by atoms with E-state index in [0.29, 0.717) is 0 Å². The fourth-order valence-corrected chi connectivity index (χ4v) is 2.82. The van der Waals surface area contributed by atoms with Crippen molar-refractivity contribution in [2.24, 2.45) is 5.92 Å². The first-order chi connectivity index (χ1) is 7.52. The van der Waals surface area contributed by atoms with Crippen LogP contribution in [0.5, 0.6) is 0 Å². The maximum atomic E-state index is 10.3. The van der Waals surface area contributed by atoms with Crippen molar-refractivity contribution in [2.45, 2.75) is 45.8 Å². The Labute approximate surface area is 96.9 Å². The molecular formula is C14H20O2. The van der Waals surface area contributed by atoms with Gasteiger partial charge < -0.3 is 10.2 Å². The number of benzene rings is 1. The molecule has 0 amide bonds. The van der Waals surface area contributed by atoms with Crippen LogP contribution in [0.1, 0.15) is 41.7 Å². The lowest BCUT2D eigenvalue weighted by Gasteiger charge is -2.34. The summed E-state index contributed by atoms with van der Waals surface area (Å²) in [5, 5.41) is 20.0. The second-order valence-corrected chi connectivity index (χ2v) is 4.98. The lowest BCUT2D eigenvalue weighted by molar-refractivity contribution is 0.00945. The van der Waals surface area contributed by atoms with Gasteiger partial charge in [0.2, 0.25) is 0 Å². The van der Waals surface area contributed by atoms with Gasteiger partial charge in [0, 0.05) is 5.92 Å². The smallest absolute Gasteiger partial charge is 0.0848 e. The summed E-state index contributed by atoms with van der Waals surface area (Å²) in [6, 6.07) is 4.17. The Morgan fingerprint density at radius 2 is 1.88 bits per heavy atom. The molecule has 0 spiro atoms. The number of hydrogen-bond acceptors (Lipinski definition) is 2. The second kappa shape index (κ2) is 4.19. The minimum Gasteiger partial charge on any atom is -0.393 e. The number of hydrogen-bond donors (Lipinski definition) is 2. The minimum absolute atomic E-state index is 0.0204. The predicted octanol–water partition coefficient (Wildman–Crippen LogP) is 2.28. The Balaban J connectivity index is 2.48. The van der Waals surface area contributed by atoms with E-state index in [2.05, 4.69) is 19.1 Å². The molecule has 0 aromatic heterocycles. The summed E-state index contributed by atoms with van der Waals surface area (Å²) in [7, 11) is 0. The van der Waals surface area contributed by atoms with Crippen LogP contribution in [-0.2, 0) is 6.42 Å². The third-order valence-electron chi connectivity index (χ3n) is 3.86. The number of rotatable bonds is 1. The highest BCUT2D eigenvalue weighted by atomic mass is 16.3. The van der Waals surface area contributed by atoms with Gasteiger partial charge in [-0.1, -0.05) is 12.1 Å². The van der Waals surface area contributed by atoms with Gasteiger partial charge >= 0.3 is 0 Å². The molecule has 2 heteroatoms. The molecule has 0 saturated heterocycles. The van der Waals surface area contributed by atoms with Crippen LogP contribution in [0, 0.1) is 19.8 Å². The van der Waals surface area contributed by atoms with Crippen LogP contribution in [0.3, 0.4) is 0 Å². The first-order valence-electron chi connectivity index (χ1n) is 5.97. The number of aryl methyl sites for hydroxylation is 2. The van der Waals surface area contributed by atoms with Crippen LogP contribution in [0.25, 0.3) is 0 Å². The van der Waals surface area contributed by atoms with E-state index in [1.807, 2.05) is 6.92 Å². The minimum atomic E-state index is -0.511. The first-order valence-corrected chi connectivity index (χ1v) is 5.97.